The monoisotopic (exact) mass is 234 g/mol. The predicted octanol–water partition coefficient (Wildman–Crippen LogP) is 3.52. The highest BCUT2D eigenvalue weighted by Crippen LogP contribution is 2.32. The lowest BCUT2D eigenvalue weighted by Crippen LogP contribution is -1.81. The normalized spacial score (nSPS) is 9.87. The summed E-state index contributed by atoms with van der Waals surface area (Å²) in [6.45, 7) is 0. The molecule has 15 heavy (non-hydrogen) atoms. The average Bonchev–Trinajstić information content (AvgIpc) is 2.61. The van der Waals surface area contributed by atoms with E-state index in [4.69, 9.17) is 22.6 Å². The van der Waals surface area contributed by atoms with Gasteiger partial charge in [0.25, 0.3) is 0 Å². The number of halogens is 1. The Labute approximate surface area is 96.5 Å². The molecule has 0 atom stereocenters. The molecule has 0 radical (unpaired) electrons. The first kappa shape index (κ1) is 10.0. The fourth-order valence-electron chi connectivity index (χ4n) is 1.25. The second-order valence-electron chi connectivity index (χ2n) is 3.01. The Hall–Kier alpha value is -1.50. The molecule has 2 rings (SSSR count). The third kappa shape index (κ3) is 1.96. The molecule has 4 heteroatoms. The highest BCUT2D eigenvalue weighted by atomic mass is 35.5. The summed E-state index contributed by atoms with van der Waals surface area (Å²) < 4.78 is 0. The molecule has 0 spiro atoms. The highest BCUT2D eigenvalue weighted by molar-refractivity contribution is 7.16. The van der Waals surface area contributed by atoms with E-state index < -0.39 is 0 Å². The van der Waals surface area contributed by atoms with Gasteiger partial charge in [-0.25, -0.2) is 0 Å². The van der Waals surface area contributed by atoms with E-state index in [1.165, 1.54) is 11.3 Å². The van der Waals surface area contributed by atoms with E-state index in [9.17, 15) is 0 Å². The molecule has 0 bridgehead atoms. The lowest BCUT2D eigenvalue weighted by molar-refractivity contribution is 1.52. The summed E-state index contributed by atoms with van der Waals surface area (Å²) in [6, 6.07) is 11.3. The Balaban J connectivity index is 2.46. The van der Waals surface area contributed by atoms with Crippen LogP contribution in [0.2, 0.25) is 5.02 Å². The minimum atomic E-state index is 0.535. The molecule has 2 N–H and O–H groups in total. The van der Waals surface area contributed by atoms with Gasteiger partial charge in [0.2, 0.25) is 0 Å². The van der Waals surface area contributed by atoms with E-state index in [0.29, 0.717) is 15.6 Å². The van der Waals surface area contributed by atoms with Crippen molar-refractivity contribution in [3.8, 4) is 16.5 Å². The molecule has 0 aliphatic carbocycles. The molecule has 0 aliphatic rings. The van der Waals surface area contributed by atoms with Crippen molar-refractivity contribution in [1.29, 1.82) is 5.26 Å². The van der Waals surface area contributed by atoms with Gasteiger partial charge in [-0.3, -0.25) is 0 Å². The van der Waals surface area contributed by atoms with Crippen molar-refractivity contribution in [3.05, 3.63) is 40.2 Å². The molecule has 74 valence electrons. The fraction of sp³-hybridized carbons (Fsp3) is 0. The van der Waals surface area contributed by atoms with Gasteiger partial charge in [0.05, 0.1) is 5.69 Å². The molecule has 2 aromatic rings. The Morgan fingerprint density at radius 1 is 1.27 bits per heavy atom. The van der Waals surface area contributed by atoms with Crippen molar-refractivity contribution in [1.82, 2.24) is 0 Å². The van der Waals surface area contributed by atoms with E-state index in [1.54, 1.807) is 0 Å². The van der Waals surface area contributed by atoms with Crippen molar-refractivity contribution < 1.29 is 0 Å². The summed E-state index contributed by atoms with van der Waals surface area (Å²) in [5, 5.41) is 9.48. The van der Waals surface area contributed by atoms with Crippen LogP contribution in [-0.4, -0.2) is 0 Å². The zero-order valence-corrected chi connectivity index (χ0v) is 9.27. The van der Waals surface area contributed by atoms with Crippen LogP contribution in [0.1, 0.15) is 4.88 Å². The fourth-order valence-corrected chi connectivity index (χ4v) is 2.26. The van der Waals surface area contributed by atoms with E-state index >= 15 is 0 Å². The average molecular weight is 235 g/mol. The number of nitrogens with two attached hydrogens (primary N) is 1. The first-order valence-corrected chi connectivity index (χ1v) is 5.45. The molecule has 1 aromatic heterocycles. The number of nitriles is 1. The van der Waals surface area contributed by atoms with Gasteiger partial charge in [-0.2, -0.15) is 5.26 Å². The number of hydrogen-bond donors (Lipinski definition) is 1. The van der Waals surface area contributed by atoms with Crippen molar-refractivity contribution in [3.63, 3.8) is 0 Å². The first-order chi connectivity index (χ1) is 7.20. The Bertz CT molecular complexity index is 523. The molecule has 0 unspecified atom stereocenters. The second kappa shape index (κ2) is 3.93. The molecule has 0 amide bonds. The van der Waals surface area contributed by atoms with Gasteiger partial charge in [0.15, 0.2) is 0 Å². The maximum absolute atomic E-state index is 8.78. The standard InChI is InChI=1S/C11H7ClN2S/c12-8-3-1-7(2-4-8)10-5-9(14)11(6-13)15-10/h1-5H,14H2. The smallest absolute Gasteiger partial charge is 0.128 e. The molecule has 2 nitrogen and oxygen atoms in total. The Kier molecular flexibility index (Phi) is 2.63. The maximum Gasteiger partial charge on any atom is 0.128 e. The molecular weight excluding hydrogens is 228 g/mol. The third-order valence-corrected chi connectivity index (χ3v) is 3.35. The quantitative estimate of drug-likeness (QED) is 0.821. The lowest BCUT2D eigenvalue weighted by Gasteiger charge is -1.95. The van der Waals surface area contributed by atoms with Gasteiger partial charge in [0.1, 0.15) is 10.9 Å². The predicted molar refractivity (Wildman–Crippen MR) is 63.9 cm³/mol. The van der Waals surface area contributed by atoms with Crippen LogP contribution in [0.5, 0.6) is 0 Å². The zero-order valence-electron chi connectivity index (χ0n) is 7.70. The number of rotatable bonds is 1. The molecule has 0 aliphatic heterocycles. The first-order valence-electron chi connectivity index (χ1n) is 4.26. The van der Waals surface area contributed by atoms with Crippen LogP contribution in [0, 0.1) is 11.3 Å². The molecule has 0 fully saturated rings. The topological polar surface area (TPSA) is 49.8 Å². The number of nitrogen functional groups attached to an aromatic ring is 1. The molecule has 0 saturated heterocycles. The van der Waals surface area contributed by atoms with Gasteiger partial charge in [-0.15, -0.1) is 11.3 Å². The molecular formula is C11H7ClN2S. The molecule has 0 saturated carbocycles. The number of benzene rings is 1. The summed E-state index contributed by atoms with van der Waals surface area (Å²) >= 11 is 7.18. The van der Waals surface area contributed by atoms with E-state index in [-0.39, 0.29) is 0 Å². The van der Waals surface area contributed by atoms with Gasteiger partial charge < -0.3 is 5.73 Å². The van der Waals surface area contributed by atoms with Crippen molar-refractivity contribution >= 4 is 28.6 Å². The van der Waals surface area contributed by atoms with E-state index in [2.05, 4.69) is 6.07 Å². The van der Waals surface area contributed by atoms with Crippen molar-refractivity contribution in [2.24, 2.45) is 0 Å². The SMILES string of the molecule is N#Cc1sc(-c2ccc(Cl)cc2)cc1N. The lowest BCUT2D eigenvalue weighted by atomic mass is 10.2. The summed E-state index contributed by atoms with van der Waals surface area (Å²) in [6.07, 6.45) is 0. The molecule has 1 aromatic carbocycles. The minimum Gasteiger partial charge on any atom is -0.397 e. The van der Waals surface area contributed by atoms with Crippen LogP contribution in [0.25, 0.3) is 10.4 Å². The van der Waals surface area contributed by atoms with Gasteiger partial charge in [0, 0.05) is 9.90 Å². The largest absolute Gasteiger partial charge is 0.397 e. The molecule has 1 heterocycles. The minimum absolute atomic E-state index is 0.535. The number of anilines is 1. The van der Waals surface area contributed by atoms with Crippen LogP contribution in [-0.2, 0) is 0 Å². The van der Waals surface area contributed by atoms with Gasteiger partial charge in [-0.1, -0.05) is 23.7 Å². The third-order valence-electron chi connectivity index (χ3n) is 1.99. The van der Waals surface area contributed by atoms with Crippen molar-refractivity contribution in [2.45, 2.75) is 0 Å². The van der Waals surface area contributed by atoms with E-state index in [1.807, 2.05) is 30.3 Å². The summed E-state index contributed by atoms with van der Waals surface area (Å²) in [7, 11) is 0. The second-order valence-corrected chi connectivity index (χ2v) is 4.50. The zero-order chi connectivity index (χ0) is 10.8. The van der Waals surface area contributed by atoms with Gasteiger partial charge in [-0.05, 0) is 23.8 Å². The Morgan fingerprint density at radius 3 is 2.47 bits per heavy atom. The van der Waals surface area contributed by atoms with Crippen LogP contribution in [0.3, 0.4) is 0 Å². The maximum atomic E-state index is 8.78. The number of thiophene rings is 1. The van der Waals surface area contributed by atoms with Crippen LogP contribution < -0.4 is 5.73 Å². The summed E-state index contributed by atoms with van der Waals surface area (Å²) in [4.78, 5) is 1.54. The van der Waals surface area contributed by atoms with Crippen LogP contribution >= 0.6 is 22.9 Å². The van der Waals surface area contributed by atoms with E-state index in [0.717, 1.165) is 10.4 Å². The van der Waals surface area contributed by atoms with Crippen LogP contribution in [0.4, 0.5) is 5.69 Å². The number of hydrogen-bond acceptors (Lipinski definition) is 3. The summed E-state index contributed by atoms with van der Waals surface area (Å²) in [5.41, 5.74) is 7.24. The summed E-state index contributed by atoms with van der Waals surface area (Å²) in [5.74, 6) is 0. The highest BCUT2D eigenvalue weighted by Gasteiger charge is 2.06. The Morgan fingerprint density at radius 2 is 1.93 bits per heavy atom. The van der Waals surface area contributed by atoms with Crippen molar-refractivity contribution in [2.75, 3.05) is 5.73 Å². The van der Waals surface area contributed by atoms with Crippen LogP contribution in [0.15, 0.2) is 30.3 Å². The van der Waals surface area contributed by atoms with Gasteiger partial charge >= 0.3 is 0 Å². The number of nitrogens with zero attached hydrogens (tertiary/aromatic N) is 1.